The molecule has 1 aromatic carbocycles. The highest BCUT2D eigenvalue weighted by atomic mass is 16.5. The Hall–Kier alpha value is -2.73. The molecule has 26 heavy (non-hydrogen) atoms. The Morgan fingerprint density at radius 2 is 1.81 bits per heavy atom. The van der Waals surface area contributed by atoms with Gasteiger partial charge in [-0.2, -0.15) is 5.10 Å². The number of hydrogen-bond acceptors (Lipinski definition) is 4. The van der Waals surface area contributed by atoms with Crippen molar-refractivity contribution < 1.29 is 9.53 Å². The second-order valence-electron chi connectivity index (χ2n) is 6.69. The Kier molecular flexibility index (Phi) is 4.42. The summed E-state index contributed by atoms with van der Waals surface area (Å²) in [5, 5.41) is 4.60. The van der Waals surface area contributed by atoms with Crippen molar-refractivity contribution in [2.75, 3.05) is 26.3 Å². The fourth-order valence-corrected chi connectivity index (χ4v) is 3.24. The van der Waals surface area contributed by atoms with Crippen molar-refractivity contribution in [1.29, 1.82) is 0 Å². The molecule has 1 amide bonds. The van der Waals surface area contributed by atoms with Gasteiger partial charge < -0.3 is 9.64 Å². The SMILES string of the molecule is Cc1ccc(-c2nc3ccc(C)nn3c2CC(=O)N2CCOCC2)cc1. The molecule has 0 atom stereocenters. The average Bonchev–Trinajstić information content (AvgIpc) is 3.01. The van der Waals surface area contributed by atoms with E-state index in [1.807, 2.05) is 40.6 Å². The van der Waals surface area contributed by atoms with Crippen molar-refractivity contribution >= 4 is 11.6 Å². The molecule has 0 saturated carbocycles. The third-order valence-electron chi connectivity index (χ3n) is 4.71. The summed E-state index contributed by atoms with van der Waals surface area (Å²) >= 11 is 0. The monoisotopic (exact) mass is 350 g/mol. The molecule has 0 radical (unpaired) electrons. The number of carbonyl (C=O) groups is 1. The summed E-state index contributed by atoms with van der Waals surface area (Å²) in [4.78, 5) is 19.4. The van der Waals surface area contributed by atoms with Gasteiger partial charge in [0.25, 0.3) is 0 Å². The lowest BCUT2D eigenvalue weighted by Gasteiger charge is -2.26. The second-order valence-corrected chi connectivity index (χ2v) is 6.69. The first-order valence-electron chi connectivity index (χ1n) is 8.89. The van der Waals surface area contributed by atoms with Crippen LogP contribution in [0, 0.1) is 13.8 Å². The van der Waals surface area contributed by atoms with Crippen molar-refractivity contribution in [3.63, 3.8) is 0 Å². The molecule has 4 rings (SSSR count). The number of ether oxygens (including phenoxy) is 1. The van der Waals surface area contributed by atoms with E-state index in [0.717, 1.165) is 28.3 Å². The first-order valence-corrected chi connectivity index (χ1v) is 8.89. The minimum Gasteiger partial charge on any atom is -0.378 e. The zero-order valence-electron chi connectivity index (χ0n) is 15.1. The number of nitrogens with zero attached hydrogens (tertiary/aromatic N) is 4. The lowest BCUT2D eigenvalue weighted by molar-refractivity contribution is -0.134. The van der Waals surface area contributed by atoms with E-state index in [-0.39, 0.29) is 12.3 Å². The molecule has 134 valence electrons. The molecule has 1 aliphatic rings. The van der Waals surface area contributed by atoms with Gasteiger partial charge in [0.2, 0.25) is 5.91 Å². The zero-order valence-corrected chi connectivity index (χ0v) is 15.1. The van der Waals surface area contributed by atoms with Crippen LogP contribution < -0.4 is 0 Å². The van der Waals surface area contributed by atoms with Crippen LogP contribution >= 0.6 is 0 Å². The molecular formula is C20H22N4O2. The molecule has 0 unspecified atom stereocenters. The van der Waals surface area contributed by atoms with E-state index in [1.54, 1.807) is 0 Å². The first-order chi connectivity index (χ1) is 12.6. The van der Waals surface area contributed by atoms with Gasteiger partial charge in [-0.05, 0) is 26.0 Å². The highest BCUT2D eigenvalue weighted by Crippen LogP contribution is 2.25. The van der Waals surface area contributed by atoms with Gasteiger partial charge in [-0.25, -0.2) is 9.50 Å². The van der Waals surface area contributed by atoms with Crippen LogP contribution in [0.4, 0.5) is 0 Å². The van der Waals surface area contributed by atoms with E-state index in [4.69, 9.17) is 9.72 Å². The fourth-order valence-electron chi connectivity index (χ4n) is 3.24. The fraction of sp³-hybridized carbons (Fsp3) is 0.350. The maximum Gasteiger partial charge on any atom is 0.228 e. The number of hydrogen-bond donors (Lipinski definition) is 0. The van der Waals surface area contributed by atoms with E-state index >= 15 is 0 Å². The number of aromatic nitrogens is 3. The van der Waals surface area contributed by atoms with Crippen molar-refractivity contribution in [1.82, 2.24) is 19.5 Å². The molecule has 2 aromatic heterocycles. The number of imidazole rings is 1. The van der Waals surface area contributed by atoms with Crippen molar-refractivity contribution in [3.05, 3.63) is 53.3 Å². The molecule has 1 fully saturated rings. The predicted molar refractivity (Wildman–Crippen MR) is 99.0 cm³/mol. The highest BCUT2D eigenvalue weighted by Gasteiger charge is 2.22. The third kappa shape index (κ3) is 3.20. The van der Waals surface area contributed by atoms with E-state index in [2.05, 4.69) is 24.2 Å². The number of amides is 1. The van der Waals surface area contributed by atoms with Gasteiger partial charge in [0.1, 0.15) is 0 Å². The molecule has 0 aliphatic carbocycles. The van der Waals surface area contributed by atoms with Crippen LogP contribution in [-0.2, 0) is 16.0 Å². The standard InChI is InChI=1S/C20H22N4O2/c1-14-3-6-16(7-4-14)20-17(13-19(25)23-9-11-26-12-10-23)24-18(21-20)8-5-15(2)22-24/h3-8H,9-13H2,1-2H3. The largest absolute Gasteiger partial charge is 0.378 e. The Morgan fingerprint density at radius 3 is 2.54 bits per heavy atom. The molecular weight excluding hydrogens is 328 g/mol. The summed E-state index contributed by atoms with van der Waals surface area (Å²) in [7, 11) is 0. The van der Waals surface area contributed by atoms with Gasteiger partial charge in [-0.15, -0.1) is 0 Å². The smallest absolute Gasteiger partial charge is 0.228 e. The van der Waals surface area contributed by atoms with Crippen LogP contribution in [0.1, 0.15) is 17.0 Å². The lowest BCUT2D eigenvalue weighted by atomic mass is 10.1. The number of rotatable bonds is 3. The van der Waals surface area contributed by atoms with E-state index in [9.17, 15) is 4.79 Å². The van der Waals surface area contributed by atoms with Crippen molar-refractivity contribution in [2.24, 2.45) is 0 Å². The summed E-state index contributed by atoms with van der Waals surface area (Å²) in [6.45, 7) is 6.48. The number of morpholine rings is 1. The summed E-state index contributed by atoms with van der Waals surface area (Å²) < 4.78 is 7.16. The van der Waals surface area contributed by atoms with E-state index < -0.39 is 0 Å². The topological polar surface area (TPSA) is 59.7 Å². The molecule has 6 heteroatoms. The molecule has 0 bridgehead atoms. The van der Waals surface area contributed by atoms with Gasteiger partial charge >= 0.3 is 0 Å². The van der Waals surface area contributed by atoms with Gasteiger partial charge in [0.15, 0.2) is 5.65 Å². The van der Waals surface area contributed by atoms with Crippen LogP contribution in [0.25, 0.3) is 16.9 Å². The normalized spacial score (nSPS) is 14.8. The maximum atomic E-state index is 12.8. The quantitative estimate of drug-likeness (QED) is 0.728. The lowest BCUT2D eigenvalue weighted by Crippen LogP contribution is -2.41. The molecule has 0 spiro atoms. The zero-order chi connectivity index (χ0) is 18.1. The van der Waals surface area contributed by atoms with Gasteiger partial charge in [0, 0.05) is 18.7 Å². The number of aryl methyl sites for hydroxylation is 2. The van der Waals surface area contributed by atoms with Crippen molar-refractivity contribution in [2.45, 2.75) is 20.3 Å². The minimum absolute atomic E-state index is 0.0896. The van der Waals surface area contributed by atoms with Crippen LogP contribution in [0.3, 0.4) is 0 Å². The average molecular weight is 350 g/mol. The third-order valence-corrected chi connectivity index (χ3v) is 4.71. The highest BCUT2D eigenvalue weighted by molar-refractivity contribution is 5.81. The van der Waals surface area contributed by atoms with E-state index in [0.29, 0.717) is 26.3 Å². The molecule has 3 aromatic rings. The maximum absolute atomic E-state index is 12.8. The van der Waals surface area contributed by atoms with Gasteiger partial charge in [-0.1, -0.05) is 29.8 Å². The molecule has 0 N–H and O–H groups in total. The minimum atomic E-state index is 0.0896. The molecule has 1 saturated heterocycles. The number of benzene rings is 1. The number of fused-ring (bicyclic) bond motifs is 1. The van der Waals surface area contributed by atoms with Crippen LogP contribution in [0.2, 0.25) is 0 Å². The molecule has 3 heterocycles. The Labute approximate surface area is 152 Å². The summed E-state index contributed by atoms with van der Waals surface area (Å²) in [5.74, 6) is 0.0896. The summed E-state index contributed by atoms with van der Waals surface area (Å²) in [6, 6.07) is 12.1. The molecule has 6 nitrogen and oxygen atoms in total. The van der Waals surface area contributed by atoms with Crippen LogP contribution in [0.15, 0.2) is 36.4 Å². The van der Waals surface area contributed by atoms with Gasteiger partial charge in [0.05, 0.1) is 36.7 Å². The van der Waals surface area contributed by atoms with Crippen LogP contribution in [0.5, 0.6) is 0 Å². The van der Waals surface area contributed by atoms with Crippen molar-refractivity contribution in [3.8, 4) is 11.3 Å². The predicted octanol–water partition coefficient (Wildman–Crippen LogP) is 2.41. The first kappa shape index (κ1) is 16.7. The van der Waals surface area contributed by atoms with Crippen LogP contribution in [-0.4, -0.2) is 51.7 Å². The summed E-state index contributed by atoms with van der Waals surface area (Å²) in [6.07, 6.45) is 0.279. The Bertz CT molecular complexity index is 940. The summed E-state index contributed by atoms with van der Waals surface area (Å²) in [5.41, 5.74) is 5.51. The Balaban J connectivity index is 1.77. The molecule has 1 aliphatic heterocycles. The van der Waals surface area contributed by atoms with Gasteiger partial charge in [-0.3, -0.25) is 4.79 Å². The Morgan fingerprint density at radius 1 is 1.08 bits per heavy atom. The van der Waals surface area contributed by atoms with E-state index in [1.165, 1.54) is 5.56 Å². The number of carbonyl (C=O) groups excluding carboxylic acids is 1. The second kappa shape index (κ2) is 6.88.